The van der Waals surface area contributed by atoms with Crippen LogP contribution >= 0.6 is 0 Å². The van der Waals surface area contributed by atoms with E-state index in [0.717, 1.165) is 0 Å². The largest absolute Gasteiger partial charge is 0.192 e. The average Bonchev–Trinajstić information content (AvgIpc) is 2.54. The molecule has 0 aromatic rings. The van der Waals surface area contributed by atoms with E-state index in [0.29, 0.717) is 5.57 Å². The smallest absolute Gasteiger partial charge is 0.0991 e. The van der Waals surface area contributed by atoms with Crippen molar-refractivity contribution in [1.29, 1.82) is 5.26 Å². The molecule has 1 rings (SSSR count). The SMILES string of the molecule is N#CC1=CC=CC=CC=CC=CC=CC=CC=CC=CC=C1. The van der Waals surface area contributed by atoms with Gasteiger partial charge in [0.25, 0.3) is 0 Å². The quantitative estimate of drug-likeness (QED) is 0.580. The maximum atomic E-state index is 9.01. The molecule has 0 aromatic carbocycles. The second-order valence-corrected chi connectivity index (χ2v) is 4.17. The minimum atomic E-state index is 0.608. The number of hydrogen-bond acceptors (Lipinski definition) is 1. The molecule has 1 heteroatoms. The summed E-state index contributed by atoms with van der Waals surface area (Å²) >= 11 is 0. The van der Waals surface area contributed by atoms with Gasteiger partial charge in [-0.25, -0.2) is 0 Å². The van der Waals surface area contributed by atoms with Crippen molar-refractivity contribution < 1.29 is 0 Å². The van der Waals surface area contributed by atoms with E-state index in [1.54, 1.807) is 12.2 Å². The Morgan fingerprint density at radius 1 is 0.455 bits per heavy atom. The fourth-order valence-electron chi connectivity index (χ4n) is 1.41. The Labute approximate surface area is 133 Å². The van der Waals surface area contributed by atoms with Gasteiger partial charge in [0.15, 0.2) is 0 Å². The summed E-state index contributed by atoms with van der Waals surface area (Å²) in [6.45, 7) is 0. The Morgan fingerprint density at radius 3 is 1.14 bits per heavy atom. The Hall–Kier alpha value is -3.11. The molecule has 22 heavy (non-hydrogen) atoms. The van der Waals surface area contributed by atoms with Crippen LogP contribution < -0.4 is 0 Å². The molecule has 0 amide bonds. The number of allylic oxidation sites excluding steroid dienone is 20. The van der Waals surface area contributed by atoms with Crippen molar-refractivity contribution >= 4 is 0 Å². The van der Waals surface area contributed by atoms with Crippen LogP contribution in [-0.2, 0) is 0 Å². The monoisotopic (exact) mass is 285 g/mol. The third-order valence-corrected chi connectivity index (χ3v) is 2.46. The molecule has 0 radical (unpaired) electrons. The van der Waals surface area contributed by atoms with Crippen molar-refractivity contribution in [2.75, 3.05) is 0 Å². The van der Waals surface area contributed by atoms with Gasteiger partial charge in [0.1, 0.15) is 0 Å². The fraction of sp³-hybridized carbons (Fsp3) is 0. The van der Waals surface area contributed by atoms with E-state index < -0.39 is 0 Å². The lowest BCUT2D eigenvalue weighted by Gasteiger charge is -1.83. The Bertz CT molecular complexity index is 649. The Kier molecular flexibility index (Phi) is 9.93. The van der Waals surface area contributed by atoms with E-state index in [9.17, 15) is 0 Å². The molecule has 0 fully saturated rings. The predicted octanol–water partition coefficient (Wildman–Crippen LogP) is 5.46. The van der Waals surface area contributed by atoms with Gasteiger partial charge < -0.3 is 0 Å². The van der Waals surface area contributed by atoms with Gasteiger partial charge in [-0.05, 0) is 12.2 Å². The maximum Gasteiger partial charge on any atom is 0.0991 e. The molecule has 0 unspecified atom stereocenters. The molecule has 1 aliphatic carbocycles. The standard InChI is InChI=1S/C21H19N/c22-20-21-18-16-14-12-10-8-6-4-2-1-3-5-7-9-11-13-15-17-19-21/h1-19H. The first-order valence-electron chi connectivity index (χ1n) is 7.05. The third-order valence-electron chi connectivity index (χ3n) is 2.46. The first kappa shape index (κ1) is 16.9. The minimum absolute atomic E-state index is 0.608. The van der Waals surface area contributed by atoms with Gasteiger partial charge in [-0.15, -0.1) is 0 Å². The van der Waals surface area contributed by atoms with Crippen LogP contribution in [0.3, 0.4) is 0 Å². The van der Waals surface area contributed by atoms with E-state index >= 15 is 0 Å². The number of rotatable bonds is 0. The van der Waals surface area contributed by atoms with Crippen molar-refractivity contribution in [1.82, 2.24) is 0 Å². The summed E-state index contributed by atoms with van der Waals surface area (Å²) in [5.74, 6) is 0. The molecule has 0 saturated heterocycles. The Balaban J connectivity index is 2.84. The summed E-state index contributed by atoms with van der Waals surface area (Å²) in [6, 6.07) is 2.14. The van der Waals surface area contributed by atoms with E-state index in [-0.39, 0.29) is 0 Å². The maximum absolute atomic E-state index is 9.01. The molecule has 0 atom stereocenters. The van der Waals surface area contributed by atoms with Gasteiger partial charge in [-0.2, -0.15) is 5.26 Å². The van der Waals surface area contributed by atoms with Crippen LogP contribution in [0.4, 0.5) is 0 Å². The Morgan fingerprint density at radius 2 is 0.773 bits per heavy atom. The minimum Gasteiger partial charge on any atom is -0.192 e. The first-order valence-corrected chi connectivity index (χ1v) is 7.05. The second kappa shape index (κ2) is 12.9. The van der Waals surface area contributed by atoms with E-state index in [1.165, 1.54) is 0 Å². The predicted molar refractivity (Wildman–Crippen MR) is 96.0 cm³/mol. The molecule has 0 aliphatic heterocycles. The van der Waals surface area contributed by atoms with Crippen LogP contribution in [0.5, 0.6) is 0 Å². The number of nitriles is 1. The number of hydrogen-bond donors (Lipinski definition) is 0. The molecule has 0 heterocycles. The molecule has 1 aliphatic rings. The molecule has 0 spiro atoms. The van der Waals surface area contributed by atoms with Gasteiger partial charge in [0, 0.05) is 0 Å². The lowest BCUT2D eigenvalue weighted by atomic mass is 10.2. The van der Waals surface area contributed by atoms with E-state index in [1.807, 2.05) is 103 Å². The summed E-state index contributed by atoms with van der Waals surface area (Å²) in [6.07, 6.45) is 36.4. The van der Waals surface area contributed by atoms with Gasteiger partial charge in [0.05, 0.1) is 11.6 Å². The molecule has 0 bridgehead atoms. The van der Waals surface area contributed by atoms with Crippen molar-refractivity contribution in [3.8, 4) is 6.07 Å². The summed E-state index contributed by atoms with van der Waals surface area (Å²) in [5, 5.41) is 9.01. The fourth-order valence-corrected chi connectivity index (χ4v) is 1.41. The lowest BCUT2D eigenvalue weighted by molar-refractivity contribution is 1.50. The molecule has 108 valence electrons. The third kappa shape index (κ3) is 9.77. The zero-order valence-corrected chi connectivity index (χ0v) is 12.4. The van der Waals surface area contributed by atoms with Crippen molar-refractivity contribution in [2.24, 2.45) is 0 Å². The highest BCUT2D eigenvalue weighted by atomic mass is 14.2. The van der Waals surface area contributed by atoms with Crippen LogP contribution in [0, 0.1) is 11.3 Å². The van der Waals surface area contributed by atoms with E-state index in [2.05, 4.69) is 6.07 Å². The summed E-state index contributed by atoms with van der Waals surface area (Å²) in [4.78, 5) is 0. The van der Waals surface area contributed by atoms with E-state index in [4.69, 9.17) is 5.26 Å². The topological polar surface area (TPSA) is 23.8 Å². The van der Waals surface area contributed by atoms with Gasteiger partial charge in [-0.3, -0.25) is 0 Å². The highest BCUT2D eigenvalue weighted by Gasteiger charge is 1.82. The molecule has 0 saturated carbocycles. The average molecular weight is 285 g/mol. The highest BCUT2D eigenvalue weighted by molar-refractivity contribution is 5.38. The van der Waals surface area contributed by atoms with Crippen molar-refractivity contribution in [2.45, 2.75) is 0 Å². The van der Waals surface area contributed by atoms with Crippen molar-refractivity contribution in [3.63, 3.8) is 0 Å². The second-order valence-electron chi connectivity index (χ2n) is 4.17. The lowest BCUT2D eigenvalue weighted by Crippen LogP contribution is -1.68. The van der Waals surface area contributed by atoms with Crippen LogP contribution in [0.25, 0.3) is 0 Å². The molecule has 1 nitrogen and oxygen atoms in total. The van der Waals surface area contributed by atoms with Crippen LogP contribution in [0.1, 0.15) is 0 Å². The number of nitrogens with zero attached hydrogens (tertiary/aromatic N) is 1. The van der Waals surface area contributed by atoms with Gasteiger partial charge in [0.2, 0.25) is 0 Å². The molecule has 0 N–H and O–H groups in total. The van der Waals surface area contributed by atoms with Crippen LogP contribution in [0.2, 0.25) is 0 Å². The summed E-state index contributed by atoms with van der Waals surface area (Å²) in [7, 11) is 0. The van der Waals surface area contributed by atoms with Crippen LogP contribution in [0.15, 0.2) is 121 Å². The van der Waals surface area contributed by atoms with Crippen LogP contribution in [-0.4, -0.2) is 0 Å². The zero-order chi connectivity index (χ0) is 15.7. The van der Waals surface area contributed by atoms with Gasteiger partial charge >= 0.3 is 0 Å². The first-order chi connectivity index (χ1) is 10.9. The highest BCUT2D eigenvalue weighted by Crippen LogP contribution is 1.97. The normalized spacial score (nSPS) is 15.7. The summed E-state index contributed by atoms with van der Waals surface area (Å²) in [5.41, 5.74) is 0.608. The molecule has 0 aromatic heterocycles. The molecular formula is C21H19N. The van der Waals surface area contributed by atoms with Gasteiger partial charge in [-0.1, -0.05) is 103 Å². The zero-order valence-electron chi connectivity index (χ0n) is 12.4. The summed E-state index contributed by atoms with van der Waals surface area (Å²) < 4.78 is 0. The molecular weight excluding hydrogens is 266 g/mol. The van der Waals surface area contributed by atoms with Crippen molar-refractivity contribution in [3.05, 3.63) is 121 Å².